The van der Waals surface area contributed by atoms with Crippen LogP contribution in [0, 0.1) is 5.82 Å². The fourth-order valence-corrected chi connectivity index (χ4v) is 2.10. The Bertz CT molecular complexity index is 411. The second kappa shape index (κ2) is 5.12. The molecule has 0 bridgehead atoms. The average Bonchev–Trinajstić information content (AvgIpc) is 2.74. The number of carbonyl (C=O) groups excluding carboxylic acids is 1. The van der Waals surface area contributed by atoms with Gasteiger partial charge in [0.25, 0.3) is 0 Å². The van der Waals surface area contributed by atoms with Crippen LogP contribution in [0.2, 0.25) is 0 Å². The van der Waals surface area contributed by atoms with Crippen molar-refractivity contribution in [2.75, 3.05) is 18.0 Å². The minimum Gasteiger partial charge on any atom is -0.368 e. The third-order valence-electron chi connectivity index (χ3n) is 2.93. The van der Waals surface area contributed by atoms with Crippen molar-refractivity contribution in [1.82, 2.24) is 5.32 Å². The lowest BCUT2D eigenvalue weighted by molar-refractivity contribution is -0.109. The average molecular weight is 240 g/mol. The summed E-state index contributed by atoms with van der Waals surface area (Å²) >= 11 is 0. The Morgan fingerprint density at radius 3 is 3.00 bits per heavy atom. The summed E-state index contributed by atoms with van der Waals surface area (Å²) in [5.41, 5.74) is 1.08. The molecular formula is C12H14F2N2O. The number of amides is 1. The van der Waals surface area contributed by atoms with Crippen molar-refractivity contribution in [2.24, 2.45) is 0 Å². The summed E-state index contributed by atoms with van der Waals surface area (Å²) < 4.78 is 26.8. The van der Waals surface area contributed by atoms with Crippen LogP contribution in [0.3, 0.4) is 0 Å². The molecule has 1 unspecified atom stereocenters. The number of alkyl halides is 1. The lowest BCUT2D eigenvalue weighted by atomic mass is 10.1. The molecule has 1 saturated heterocycles. The predicted octanol–water partition coefficient (Wildman–Crippen LogP) is 1.62. The van der Waals surface area contributed by atoms with Crippen LogP contribution in [0.1, 0.15) is 12.0 Å². The standard InChI is InChI=1S/C12H14F2N2O/c13-9-4-5-16(7-9)12-3-1-2-11(14)10(12)6-15-8-17/h1-3,8-9H,4-7H2,(H,15,17). The van der Waals surface area contributed by atoms with Crippen LogP contribution < -0.4 is 10.2 Å². The molecular weight excluding hydrogens is 226 g/mol. The Balaban J connectivity index is 2.25. The largest absolute Gasteiger partial charge is 0.368 e. The van der Waals surface area contributed by atoms with Gasteiger partial charge in [-0.25, -0.2) is 8.78 Å². The molecule has 2 rings (SSSR count). The van der Waals surface area contributed by atoms with Gasteiger partial charge in [0.15, 0.2) is 0 Å². The van der Waals surface area contributed by atoms with E-state index >= 15 is 0 Å². The van der Waals surface area contributed by atoms with E-state index < -0.39 is 6.17 Å². The molecule has 92 valence electrons. The molecule has 1 aliphatic rings. The molecule has 1 fully saturated rings. The number of anilines is 1. The van der Waals surface area contributed by atoms with Crippen LogP contribution in [-0.2, 0) is 11.3 Å². The van der Waals surface area contributed by atoms with Gasteiger partial charge in [-0.2, -0.15) is 0 Å². The molecule has 1 aromatic carbocycles. The normalized spacial score (nSPS) is 19.4. The molecule has 1 aromatic rings. The van der Waals surface area contributed by atoms with Crippen molar-refractivity contribution in [3.05, 3.63) is 29.6 Å². The third kappa shape index (κ3) is 2.54. The number of nitrogens with one attached hydrogen (secondary N) is 1. The monoisotopic (exact) mass is 240 g/mol. The van der Waals surface area contributed by atoms with E-state index in [0.29, 0.717) is 30.6 Å². The molecule has 0 spiro atoms. The minimum absolute atomic E-state index is 0.124. The van der Waals surface area contributed by atoms with Crippen molar-refractivity contribution in [3.8, 4) is 0 Å². The Kier molecular flexibility index (Phi) is 3.56. The van der Waals surface area contributed by atoms with E-state index in [4.69, 9.17) is 0 Å². The number of hydrogen-bond donors (Lipinski definition) is 1. The summed E-state index contributed by atoms with van der Waals surface area (Å²) in [6.07, 6.45) is 0.139. The third-order valence-corrected chi connectivity index (χ3v) is 2.93. The number of benzene rings is 1. The SMILES string of the molecule is O=CNCc1c(F)cccc1N1CCC(F)C1. The van der Waals surface area contributed by atoms with E-state index in [2.05, 4.69) is 5.32 Å². The first-order chi connectivity index (χ1) is 8.22. The summed E-state index contributed by atoms with van der Waals surface area (Å²) in [4.78, 5) is 12.1. The fraction of sp³-hybridized carbons (Fsp3) is 0.417. The maximum Gasteiger partial charge on any atom is 0.207 e. The van der Waals surface area contributed by atoms with E-state index in [1.807, 2.05) is 4.90 Å². The molecule has 0 aromatic heterocycles. The van der Waals surface area contributed by atoms with Gasteiger partial charge in [0, 0.05) is 30.9 Å². The summed E-state index contributed by atoms with van der Waals surface area (Å²) in [5.74, 6) is -0.376. The molecule has 1 aliphatic heterocycles. The van der Waals surface area contributed by atoms with E-state index in [9.17, 15) is 13.6 Å². The Hall–Kier alpha value is -1.65. The van der Waals surface area contributed by atoms with Gasteiger partial charge in [0.2, 0.25) is 6.41 Å². The first kappa shape index (κ1) is 11.8. The molecule has 1 N–H and O–H groups in total. The van der Waals surface area contributed by atoms with Gasteiger partial charge in [-0.3, -0.25) is 4.79 Å². The lowest BCUT2D eigenvalue weighted by Crippen LogP contribution is -2.23. The van der Waals surface area contributed by atoms with E-state index in [1.54, 1.807) is 12.1 Å². The number of rotatable bonds is 4. The molecule has 5 heteroatoms. The summed E-state index contributed by atoms with van der Waals surface area (Å²) in [6.45, 7) is 0.995. The summed E-state index contributed by atoms with van der Waals surface area (Å²) in [7, 11) is 0. The quantitative estimate of drug-likeness (QED) is 0.811. The molecule has 3 nitrogen and oxygen atoms in total. The van der Waals surface area contributed by atoms with Crippen LogP contribution in [-0.4, -0.2) is 25.7 Å². The lowest BCUT2D eigenvalue weighted by Gasteiger charge is -2.21. The van der Waals surface area contributed by atoms with E-state index in [1.165, 1.54) is 6.07 Å². The van der Waals surface area contributed by atoms with Crippen LogP contribution in [0.5, 0.6) is 0 Å². The molecule has 0 radical (unpaired) electrons. The first-order valence-corrected chi connectivity index (χ1v) is 5.56. The van der Waals surface area contributed by atoms with E-state index in [-0.39, 0.29) is 18.9 Å². The van der Waals surface area contributed by atoms with Gasteiger partial charge >= 0.3 is 0 Å². The van der Waals surface area contributed by atoms with Gasteiger partial charge < -0.3 is 10.2 Å². The highest BCUT2D eigenvalue weighted by molar-refractivity contribution is 5.56. The first-order valence-electron chi connectivity index (χ1n) is 5.56. The van der Waals surface area contributed by atoms with Crippen LogP contribution >= 0.6 is 0 Å². The maximum absolute atomic E-state index is 13.6. The highest BCUT2D eigenvalue weighted by Crippen LogP contribution is 2.27. The van der Waals surface area contributed by atoms with Gasteiger partial charge in [-0.1, -0.05) is 6.07 Å². The molecule has 1 heterocycles. The zero-order valence-electron chi connectivity index (χ0n) is 9.33. The molecule has 1 amide bonds. The Labute approximate surface area is 98.4 Å². The van der Waals surface area contributed by atoms with Crippen LogP contribution in [0.4, 0.5) is 14.5 Å². The molecule has 0 saturated carbocycles. The van der Waals surface area contributed by atoms with E-state index in [0.717, 1.165) is 0 Å². The zero-order chi connectivity index (χ0) is 12.3. The molecule has 1 atom stereocenters. The Morgan fingerprint density at radius 1 is 1.53 bits per heavy atom. The number of nitrogens with zero attached hydrogens (tertiary/aromatic N) is 1. The van der Waals surface area contributed by atoms with Gasteiger partial charge in [-0.15, -0.1) is 0 Å². The minimum atomic E-state index is -0.856. The summed E-state index contributed by atoms with van der Waals surface area (Å²) in [6, 6.07) is 4.69. The highest BCUT2D eigenvalue weighted by Gasteiger charge is 2.24. The second-order valence-corrected chi connectivity index (χ2v) is 4.07. The van der Waals surface area contributed by atoms with Gasteiger partial charge in [-0.05, 0) is 18.6 Å². The molecule has 0 aliphatic carbocycles. The van der Waals surface area contributed by atoms with Crippen molar-refractivity contribution >= 4 is 12.1 Å². The van der Waals surface area contributed by atoms with Crippen molar-refractivity contribution in [3.63, 3.8) is 0 Å². The number of halogens is 2. The number of carbonyl (C=O) groups is 1. The van der Waals surface area contributed by atoms with Crippen LogP contribution in [0.15, 0.2) is 18.2 Å². The van der Waals surface area contributed by atoms with Gasteiger partial charge in [0.05, 0.1) is 0 Å². The van der Waals surface area contributed by atoms with Crippen LogP contribution in [0.25, 0.3) is 0 Å². The number of hydrogen-bond acceptors (Lipinski definition) is 2. The maximum atomic E-state index is 13.6. The van der Waals surface area contributed by atoms with Crippen molar-refractivity contribution < 1.29 is 13.6 Å². The predicted molar refractivity (Wildman–Crippen MR) is 61.0 cm³/mol. The summed E-state index contributed by atoms with van der Waals surface area (Å²) in [5, 5.41) is 2.44. The van der Waals surface area contributed by atoms with Gasteiger partial charge in [0.1, 0.15) is 12.0 Å². The zero-order valence-corrected chi connectivity index (χ0v) is 9.33. The van der Waals surface area contributed by atoms with Crippen molar-refractivity contribution in [1.29, 1.82) is 0 Å². The smallest absolute Gasteiger partial charge is 0.207 e. The Morgan fingerprint density at radius 2 is 2.35 bits per heavy atom. The topological polar surface area (TPSA) is 32.3 Å². The van der Waals surface area contributed by atoms with Crippen molar-refractivity contribution in [2.45, 2.75) is 19.1 Å². The highest BCUT2D eigenvalue weighted by atomic mass is 19.1. The fourth-order valence-electron chi connectivity index (χ4n) is 2.10. The molecule has 17 heavy (non-hydrogen) atoms. The second-order valence-electron chi connectivity index (χ2n) is 4.07.